The van der Waals surface area contributed by atoms with E-state index in [4.69, 9.17) is 5.73 Å². The average Bonchev–Trinajstić information content (AvgIpc) is 2.34. The van der Waals surface area contributed by atoms with Crippen LogP contribution in [0.2, 0.25) is 0 Å². The summed E-state index contributed by atoms with van der Waals surface area (Å²) in [6.45, 7) is 1.72. The van der Waals surface area contributed by atoms with E-state index in [1.807, 2.05) is 0 Å². The van der Waals surface area contributed by atoms with E-state index in [-0.39, 0.29) is 11.9 Å². The molecule has 1 aromatic carbocycles. The molecule has 110 valence electrons. The van der Waals surface area contributed by atoms with Crippen LogP contribution >= 0.6 is 0 Å². The molecule has 0 saturated heterocycles. The second-order valence-corrected chi connectivity index (χ2v) is 5.32. The zero-order valence-electron chi connectivity index (χ0n) is 11.1. The van der Waals surface area contributed by atoms with Gasteiger partial charge in [0, 0.05) is 0 Å². The maximum absolute atomic E-state index is 12.5. The highest BCUT2D eigenvalue weighted by molar-refractivity contribution is 5.87. The third-order valence-electron chi connectivity index (χ3n) is 3.78. The first-order valence-corrected chi connectivity index (χ1v) is 6.49. The molecule has 0 spiro atoms. The summed E-state index contributed by atoms with van der Waals surface area (Å²) in [5.74, 6) is -0.240. The van der Waals surface area contributed by atoms with Crippen LogP contribution in [0.5, 0.6) is 0 Å². The lowest BCUT2D eigenvalue weighted by Crippen LogP contribution is -2.58. The molecule has 0 bridgehead atoms. The SMILES string of the molecule is CC(NC(=O)C1(N)CCC1)c1ccc(C(F)(F)F)cc1. The van der Waals surface area contributed by atoms with Gasteiger partial charge in [-0.15, -0.1) is 0 Å². The summed E-state index contributed by atoms with van der Waals surface area (Å²) >= 11 is 0. The number of carbonyl (C=O) groups is 1. The molecule has 0 heterocycles. The van der Waals surface area contributed by atoms with Gasteiger partial charge in [0.25, 0.3) is 0 Å². The van der Waals surface area contributed by atoms with Gasteiger partial charge in [0.05, 0.1) is 17.1 Å². The molecule has 6 heteroatoms. The van der Waals surface area contributed by atoms with Crippen molar-refractivity contribution in [1.82, 2.24) is 5.32 Å². The predicted octanol–water partition coefficient (Wildman–Crippen LogP) is 2.76. The topological polar surface area (TPSA) is 55.1 Å². The maximum Gasteiger partial charge on any atom is 0.416 e. The van der Waals surface area contributed by atoms with Crippen molar-refractivity contribution in [2.75, 3.05) is 0 Å². The van der Waals surface area contributed by atoms with E-state index in [1.54, 1.807) is 6.92 Å². The van der Waals surface area contributed by atoms with Crippen LogP contribution in [0.25, 0.3) is 0 Å². The van der Waals surface area contributed by atoms with Gasteiger partial charge in [-0.3, -0.25) is 4.79 Å². The molecule has 1 aliphatic rings. The minimum atomic E-state index is -4.35. The predicted molar refractivity (Wildman–Crippen MR) is 68.8 cm³/mol. The molecule has 0 radical (unpaired) electrons. The van der Waals surface area contributed by atoms with Crippen LogP contribution in [0.3, 0.4) is 0 Å². The lowest BCUT2D eigenvalue weighted by Gasteiger charge is -2.37. The number of rotatable bonds is 3. The first kappa shape index (κ1) is 14.8. The Bertz CT molecular complexity index is 492. The molecule has 20 heavy (non-hydrogen) atoms. The minimum absolute atomic E-state index is 0.240. The summed E-state index contributed by atoms with van der Waals surface area (Å²) in [5, 5.41) is 2.75. The Morgan fingerprint density at radius 3 is 2.25 bits per heavy atom. The number of benzene rings is 1. The van der Waals surface area contributed by atoms with Crippen molar-refractivity contribution < 1.29 is 18.0 Å². The lowest BCUT2D eigenvalue weighted by molar-refractivity contribution is -0.137. The van der Waals surface area contributed by atoms with Gasteiger partial charge in [0.15, 0.2) is 0 Å². The van der Waals surface area contributed by atoms with Crippen molar-refractivity contribution in [2.24, 2.45) is 5.73 Å². The molecule has 3 N–H and O–H groups in total. The van der Waals surface area contributed by atoms with E-state index in [9.17, 15) is 18.0 Å². The summed E-state index contributed by atoms with van der Waals surface area (Å²) in [6.07, 6.45) is -2.12. The summed E-state index contributed by atoms with van der Waals surface area (Å²) < 4.78 is 37.4. The number of hydrogen-bond acceptors (Lipinski definition) is 2. The van der Waals surface area contributed by atoms with Crippen LogP contribution in [0, 0.1) is 0 Å². The van der Waals surface area contributed by atoms with E-state index >= 15 is 0 Å². The van der Waals surface area contributed by atoms with E-state index in [0.717, 1.165) is 18.6 Å². The Balaban J connectivity index is 2.02. The second kappa shape index (κ2) is 5.09. The third-order valence-corrected chi connectivity index (χ3v) is 3.78. The molecular weight excluding hydrogens is 269 g/mol. The highest BCUT2D eigenvalue weighted by atomic mass is 19.4. The second-order valence-electron chi connectivity index (χ2n) is 5.32. The van der Waals surface area contributed by atoms with Crippen LogP contribution < -0.4 is 11.1 Å². The smallest absolute Gasteiger partial charge is 0.348 e. The molecule has 1 saturated carbocycles. The molecule has 0 aliphatic heterocycles. The van der Waals surface area contributed by atoms with Crippen molar-refractivity contribution >= 4 is 5.91 Å². The molecular formula is C14H17F3N2O. The number of hydrogen-bond donors (Lipinski definition) is 2. The standard InChI is InChI=1S/C14H17F3N2O/c1-9(19-12(20)13(18)7-2-8-13)10-3-5-11(6-4-10)14(15,16)17/h3-6,9H,2,7-8,18H2,1H3,(H,19,20). The first-order chi connectivity index (χ1) is 9.22. The van der Waals surface area contributed by atoms with Crippen molar-refractivity contribution in [3.05, 3.63) is 35.4 Å². The van der Waals surface area contributed by atoms with Crippen LogP contribution in [0.15, 0.2) is 24.3 Å². The van der Waals surface area contributed by atoms with Gasteiger partial charge in [0.1, 0.15) is 0 Å². The van der Waals surface area contributed by atoms with Gasteiger partial charge in [-0.05, 0) is 43.9 Å². The van der Waals surface area contributed by atoms with Gasteiger partial charge < -0.3 is 11.1 Å². The number of amides is 1. The number of nitrogens with two attached hydrogens (primary N) is 1. The summed E-state index contributed by atoms with van der Waals surface area (Å²) in [6, 6.07) is 4.40. The molecule has 1 fully saturated rings. The van der Waals surface area contributed by atoms with Crippen molar-refractivity contribution in [2.45, 2.75) is 43.9 Å². The first-order valence-electron chi connectivity index (χ1n) is 6.49. The van der Waals surface area contributed by atoms with E-state index < -0.39 is 17.3 Å². The largest absolute Gasteiger partial charge is 0.416 e. The van der Waals surface area contributed by atoms with Crippen LogP contribution in [-0.4, -0.2) is 11.4 Å². The average molecular weight is 286 g/mol. The zero-order chi connectivity index (χ0) is 15.0. The fourth-order valence-corrected chi connectivity index (χ4v) is 2.17. The maximum atomic E-state index is 12.5. The van der Waals surface area contributed by atoms with Gasteiger partial charge in [-0.25, -0.2) is 0 Å². The van der Waals surface area contributed by atoms with Gasteiger partial charge in [-0.1, -0.05) is 12.1 Å². The quantitative estimate of drug-likeness (QED) is 0.897. The highest BCUT2D eigenvalue weighted by Crippen LogP contribution is 2.31. The van der Waals surface area contributed by atoms with E-state index in [2.05, 4.69) is 5.32 Å². The van der Waals surface area contributed by atoms with E-state index in [1.165, 1.54) is 12.1 Å². The van der Waals surface area contributed by atoms with Crippen molar-refractivity contribution in [1.29, 1.82) is 0 Å². The van der Waals surface area contributed by atoms with Gasteiger partial charge in [-0.2, -0.15) is 13.2 Å². The molecule has 2 rings (SSSR count). The molecule has 1 atom stereocenters. The van der Waals surface area contributed by atoms with Gasteiger partial charge in [0.2, 0.25) is 5.91 Å². The molecule has 0 aromatic heterocycles. The molecule has 1 amide bonds. The Morgan fingerprint density at radius 2 is 1.85 bits per heavy atom. The Labute approximate surface area is 115 Å². The molecule has 1 unspecified atom stereocenters. The monoisotopic (exact) mass is 286 g/mol. The van der Waals surface area contributed by atoms with Crippen molar-refractivity contribution in [3.8, 4) is 0 Å². The highest BCUT2D eigenvalue weighted by Gasteiger charge is 2.40. The van der Waals surface area contributed by atoms with Crippen LogP contribution in [0.1, 0.15) is 43.4 Å². The minimum Gasteiger partial charge on any atom is -0.348 e. The Hall–Kier alpha value is -1.56. The fraction of sp³-hybridized carbons (Fsp3) is 0.500. The summed E-state index contributed by atoms with van der Waals surface area (Å²) in [5.41, 5.74) is 5.01. The summed E-state index contributed by atoms with van der Waals surface area (Å²) in [4.78, 5) is 11.9. The molecule has 3 nitrogen and oxygen atoms in total. The number of carbonyl (C=O) groups excluding carboxylic acids is 1. The Kier molecular flexibility index (Phi) is 3.77. The summed E-state index contributed by atoms with van der Waals surface area (Å²) in [7, 11) is 0. The van der Waals surface area contributed by atoms with Crippen molar-refractivity contribution in [3.63, 3.8) is 0 Å². The lowest BCUT2D eigenvalue weighted by atomic mass is 9.77. The van der Waals surface area contributed by atoms with E-state index in [0.29, 0.717) is 18.4 Å². The van der Waals surface area contributed by atoms with Crippen LogP contribution in [-0.2, 0) is 11.0 Å². The van der Waals surface area contributed by atoms with Gasteiger partial charge >= 0.3 is 6.18 Å². The number of alkyl halides is 3. The normalized spacial score (nSPS) is 19.1. The molecule has 1 aromatic rings. The Morgan fingerprint density at radius 1 is 1.30 bits per heavy atom. The number of nitrogens with one attached hydrogen (secondary N) is 1. The fourth-order valence-electron chi connectivity index (χ4n) is 2.17. The zero-order valence-corrected chi connectivity index (χ0v) is 11.1. The van der Waals surface area contributed by atoms with Crippen LogP contribution in [0.4, 0.5) is 13.2 Å². The molecule has 1 aliphatic carbocycles. The number of halogens is 3. The third kappa shape index (κ3) is 2.95.